The average molecular weight is 292 g/mol. The lowest BCUT2D eigenvalue weighted by Crippen LogP contribution is -2.18. The molecule has 0 amide bonds. The molecule has 1 aliphatic rings. The van der Waals surface area contributed by atoms with Gasteiger partial charge in [-0.2, -0.15) is 0 Å². The highest BCUT2D eigenvalue weighted by molar-refractivity contribution is 6.00. The summed E-state index contributed by atoms with van der Waals surface area (Å²) in [6.07, 6.45) is 0.718. The van der Waals surface area contributed by atoms with Gasteiger partial charge < -0.3 is 24.1 Å². The van der Waals surface area contributed by atoms with E-state index in [1.807, 2.05) is 5.94 Å². The lowest BCUT2D eigenvalue weighted by Gasteiger charge is -2.25. The summed E-state index contributed by atoms with van der Waals surface area (Å²) in [5.41, 5.74) is 1.01. The van der Waals surface area contributed by atoms with Crippen LogP contribution in [0.5, 0.6) is 17.2 Å². The Morgan fingerprint density at radius 1 is 1.10 bits per heavy atom. The predicted molar refractivity (Wildman–Crippen MR) is 76.6 cm³/mol. The molecule has 1 atom stereocenters. The third kappa shape index (κ3) is 2.24. The molecule has 0 bridgehead atoms. The minimum atomic E-state index is -0.706. The maximum Gasteiger partial charge on any atom is 0.203 e. The molecular formula is C15H16O6. The molecule has 0 fully saturated rings. The van der Waals surface area contributed by atoms with E-state index in [2.05, 4.69) is 0 Å². The van der Waals surface area contributed by atoms with E-state index in [1.165, 1.54) is 34.5 Å². The highest BCUT2D eigenvalue weighted by atomic mass is 16.5. The molecule has 1 aromatic rings. The van der Waals surface area contributed by atoms with E-state index in [-0.39, 0.29) is 17.1 Å². The van der Waals surface area contributed by atoms with E-state index in [0.29, 0.717) is 22.6 Å². The van der Waals surface area contributed by atoms with Gasteiger partial charge in [0, 0.05) is 18.2 Å². The first-order chi connectivity index (χ1) is 10.1. The van der Waals surface area contributed by atoms with Crippen molar-refractivity contribution in [2.24, 2.45) is 0 Å². The molecular weight excluding hydrogens is 276 g/mol. The Bertz CT molecular complexity index is 640. The van der Waals surface area contributed by atoms with Crippen molar-refractivity contribution >= 4 is 17.3 Å². The molecule has 0 spiro atoms. The van der Waals surface area contributed by atoms with Crippen molar-refractivity contribution in [2.45, 2.75) is 6.10 Å². The largest absolute Gasteiger partial charge is 0.508 e. The Hall–Kier alpha value is -2.43. The molecule has 0 saturated heterocycles. The Kier molecular flexibility index (Phi) is 4.21. The van der Waals surface area contributed by atoms with Crippen LogP contribution in [0.3, 0.4) is 0 Å². The zero-order valence-electron chi connectivity index (χ0n) is 12.2. The molecule has 1 aromatic carbocycles. The van der Waals surface area contributed by atoms with Crippen LogP contribution in [0.4, 0.5) is 0 Å². The van der Waals surface area contributed by atoms with E-state index in [9.17, 15) is 9.90 Å². The summed E-state index contributed by atoms with van der Waals surface area (Å²) in [7, 11) is 5.81. The number of methoxy groups -OCH3 is 4. The van der Waals surface area contributed by atoms with Crippen molar-refractivity contribution in [3.63, 3.8) is 0 Å². The number of rotatable bonds is 4. The smallest absolute Gasteiger partial charge is 0.203 e. The lowest BCUT2D eigenvalue weighted by molar-refractivity contribution is 0.182. The molecule has 0 aromatic heterocycles. The first-order valence-corrected chi connectivity index (χ1v) is 6.15. The summed E-state index contributed by atoms with van der Waals surface area (Å²) in [6.45, 7) is 0. The topological polar surface area (TPSA) is 74.2 Å². The summed E-state index contributed by atoms with van der Waals surface area (Å²) < 4.78 is 21.1. The van der Waals surface area contributed by atoms with Crippen LogP contribution >= 0.6 is 0 Å². The van der Waals surface area contributed by atoms with Crippen LogP contribution in [-0.4, -0.2) is 45.6 Å². The maximum absolute atomic E-state index is 11.3. The third-order valence-corrected chi connectivity index (χ3v) is 3.33. The van der Waals surface area contributed by atoms with E-state index in [4.69, 9.17) is 18.9 Å². The first-order valence-electron chi connectivity index (χ1n) is 6.15. The first kappa shape index (κ1) is 15.0. The normalized spacial score (nSPS) is 16.7. The fourth-order valence-electron chi connectivity index (χ4n) is 2.38. The van der Waals surface area contributed by atoms with Crippen LogP contribution < -0.4 is 14.2 Å². The van der Waals surface area contributed by atoms with Crippen LogP contribution in [0.15, 0.2) is 12.1 Å². The number of benzene rings is 1. The molecule has 21 heavy (non-hydrogen) atoms. The second kappa shape index (κ2) is 5.91. The molecule has 6 nitrogen and oxygen atoms in total. The third-order valence-electron chi connectivity index (χ3n) is 3.33. The van der Waals surface area contributed by atoms with Crippen molar-refractivity contribution < 1.29 is 28.8 Å². The second-order valence-electron chi connectivity index (χ2n) is 4.29. The van der Waals surface area contributed by atoms with E-state index >= 15 is 0 Å². The average Bonchev–Trinajstić information content (AvgIpc) is 2.52. The number of aliphatic hydroxyl groups is 1. The Labute approximate surface area is 122 Å². The number of fused-ring (bicyclic) bond motifs is 1. The van der Waals surface area contributed by atoms with Gasteiger partial charge in [0.2, 0.25) is 5.75 Å². The van der Waals surface area contributed by atoms with Gasteiger partial charge in [0.05, 0.1) is 26.9 Å². The molecule has 0 aliphatic heterocycles. The zero-order valence-corrected chi connectivity index (χ0v) is 12.2. The standard InChI is InChI=1S/C15H16O6/c1-18-11-6-10(17)8-5-12(19-2)14(20-3)15(21-4)13(8)9(11)7-16/h5-6,11,17H,1-4H3. The molecule has 112 valence electrons. The van der Waals surface area contributed by atoms with Gasteiger partial charge in [-0.1, -0.05) is 0 Å². The van der Waals surface area contributed by atoms with Gasteiger partial charge in [-0.15, -0.1) is 0 Å². The maximum atomic E-state index is 11.3. The molecule has 1 N–H and O–H groups in total. The summed E-state index contributed by atoms with van der Waals surface area (Å²) in [6, 6.07) is 1.58. The summed E-state index contributed by atoms with van der Waals surface area (Å²) in [4.78, 5) is 11.3. The summed E-state index contributed by atoms with van der Waals surface area (Å²) in [5.74, 6) is 2.82. The SMILES string of the molecule is COc1cc2c(c(OC)c1OC)C(=C=O)C(OC)C=C2O. The predicted octanol–water partition coefficient (Wildman–Crippen LogP) is 1.85. The van der Waals surface area contributed by atoms with Gasteiger partial charge in [0.1, 0.15) is 17.8 Å². The van der Waals surface area contributed by atoms with Gasteiger partial charge in [0.15, 0.2) is 11.5 Å². The monoisotopic (exact) mass is 292 g/mol. The minimum Gasteiger partial charge on any atom is -0.508 e. The summed E-state index contributed by atoms with van der Waals surface area (Å²) >= 11 is 0. The van der Waals surface area contributed by atoms with Gasteiger partial charge in [-0.05, 0) is 12.1 Å². The molecule has 0 radical (unpaired) electrons. The van der Waals surface area contributed by atoms with Crippen molar-refractivity contribution in [1.82, 2.24) is 0 Å². The van der Waals surface area contributed by atoms with Crippen LogP contribution in [-0.2, 0) is 9.53 Å². The van der Waals surface area contributed by atoms with Crippen molar-refractivity contribution in [3.8, 4) is 17.2 Å². The Balaban J connectivity index is 2.87. The van der Waals surface area contributed by atoms with E-state index in [1.54, 1.807) is 6.07 Å². The van der Waals surface area contributed by atoms with Crippen LogP contribution in [0.1, 0.15) is 11.1 Å². The van der Waals surface area contributed by atoms with Gasteiger partial charge in [-0.25, -0.2) is 4.79 Å². The number of hydrogen-bond acceptors (Lipinski definition) is 6. The van der Waals surface area contributed by atoms with Gasteiger partial charge in [0.25, 0.3) is 0 Å². The number of aliphatic hydroxyl groups excluding tert-OH is 1. The highest BCUT2D eigenvalue weighted by Crippen LogP contribution is 2.48. The Morgan fingerprint density at radius 3 is 2.24 bits per heavy atom. The van der Waals surface area contributed by atoms with Crippen LogP contribution in [0, 0.1) is 0 Å². The fourth-order valence-corrected chi connectivity index (χ4v) is 2.38. The zero-order chi connectivity index (χ0) is 15.6. The van der Waals surface area contributed by atoms with Crippen molar-refractivity contribution in [3.05, 3.63) is 23.3 Å². The minimum absolute atomic E-state index is 0.0323. The second-order valence-corrected chi connectivity index (χ2v) is 4.29. The van der Waals surface area contributed by atoms with Crippen LogP contribution in [0.2, 0.25) is 0 Å². The highest BCUT2D eigenvalue weighted by Gasteiger charge is 2.32. The van der Waals surface area contributed by atoms with Crippen LogP contribution in [0.25, 0.3) is 11.3 Å². The molecule has 1 unspecified atom stereocenters. The molecule has 2 rings (SSSR count). The van der Waals surface area contributed by atoms with Gasteiger partial charge >= 0.3 is 0 Å². The van der Waals surface area contributed by atoms with E-state index in [0.717, 1.165) is 0 Å². The molecule has 0 saturated carbocycles. The van der Waals surface area contributed by atoms with Crippen molar-refractivity contribution in [1.29, 1.82) is 0 Å². The molecule has 0 heterocycles. The van der Waals surface area contributed by atoms with Gasteiger partial charge in [-0.3, -0.25) is 0 Å². The number of hydrogen-bond donors (Lipinski definition) is 1. The number of ether oxygens (including phenoxy) is 4. The quantitative estimate of drug-likeness (QED) is 0.854. The summed E-state index contributed by atoms with van der Waals surface area (Å²) in [5, 5.41) is 10.2. The Morgan fingerprint density at radius 2 is 1.76 bits per heavy atom. The molecule has 6 heteroatoms. The van der Waals surface area contributed by atoms with Crippen molar-refractivity contribution in [2.75, 3.05) is 28.4 Å². The fraction of sp³-hybridized carbons (Fsp3) is 0.333. The molecule has 1 aliphatic carbocycles. The van der Waals surface area contributed by atoms with E-state index < -0.39 is 6.10 Å². The lowest BCUT2D eigenvalue weighted by atomic mass is 9.88. The number of carbonyl (C=O) groups excluding carboxylic acids is 1.